The minimum Gasteiger partial charge on any atom is -0.337 e. The van der Waals surface area contributed by atoms with E-state index >= 15 is 0 Å². The predicted molar refractivity (Wildman–Crippen MR) is 128 cm³/mol. The molecule has 0 N–H and O–H groups in total. The van der Waals surface area contributed by atoms with E-state index in [2.05, 4.69) is 4.40 Å². The van der Waals surface area contributed by atoms with E-state index in [0.29, 0.717) is 6.54 Å². The van der Waals surface area contributed by atoms with Crippen LogP contribution in [0.1, 0.15) is 24.2 Å². The van der Waals surface area contributed by atoms with Crippen molar-refractivity contribution in [3.05, 3.63) is 96.1 Å². The molecule has 4 rings (SSSR count). The normalized spacial score (nSPS) is 17.9. The third kappa shape index (κ3) is 4.71. The lowest BCUT2D eigenvalue weighted by molar-refractivity contribution is 0.284. The molecule has 1 atom stereocenters. The highest BCUT2D eigenvalue weighted by atomic mass is 32.2. The Labute approximate surface area is 195 Å². The molecule has 7 nitrogen and oxygen atoms in total. The second-order valence-corrected chi connectivity index (χ2v) is 11.3. The van der Waals surface area contributed by atoms with E-state index in [-0.39, 0.29) is 22.2 Å². The van der Waals surface area contributed by atoms with Crippen LogP contribution >= 0.6 is 0 Å². The number of rotatable bonds is 5. The molecule has 1 aliphatic rings. The summed E-state index contributed by atoms with van der Waals surface area (Å²) in [4.78, 5) is 2.01. The van der Waals surface area contributed by atoms with Crippen molar-refractivity contribution >= 4 is 25.9 Å². The van der Waals surface area contributed by atoms with E-state index in [4.69, 9.17) is 0 Å². The highest BCUT2D eigenvalue weighted by Gasteiger charge is 2.42. The predicted octanol–water partition coefficient (Wildman–Crippen LogP) is 3.81. The quantitative estimate of drug-likeness (QED) is 0.407. The average Bonchev–Trinajstić information content (AvgIpc) is 3.27. The van der Waals surface area contributed by atoms with Gasteiger partial charge >= 0.3 is 0 Å². The van der Waals surface area contributed by atoms with Gasteiger partial charge in [0.05, 0.1) is 9.79 Å². The lowest BCUT2D eigenvalue weighted by Crippen LogP contribution is -2.37. The van der Waals surface area contributed by atoms with Crippen molar-refractivity contribution in [1.29, 1.82) is 0 Å². The Morgan fingerprint density at radius 2 is 1.36 bits per heavy atom. The van der Waals surface area contributed by atoms with Gasteiger partial charge in [-0.05, 0) is 43.7 Å². The van der Waals surface area contributed by atoms with Crippen molar-refractivity contribution in [1.82, 2.24) is 9.21 Å². The molecule has 0 radical (unpaired) electrons. The minimum atomic E-state index is -3.95. The lowest BCUT2D eigenvalue weighted by atomic mass is 10.1. The van der Waals surface area contributed by atoms with Gasteiger partial charge < -0.3 is 4.90 Å². The van der Waals surface area contributed by atoms with Crippen LogP contribution < -0.4 is 0 Å². The SMILES string of the molecule is CC(=NS(=O)(=O)c1ccc(C)cc1)N1CCN(S(=O)(=O)c2ccccc2)C1c1ccccc1. The van der Waals surface area contributed by atoms with E-state index in [9.17, 15) is 16.8 Å². The molecule has 0 saturated carbocycles. The highest BCUT2D eigenvalue weighted by molar-refractivity contribution is 7.90. The summed E-state index contributed by atoms with van der Waals surface area (Å²) in [6, 6.07) is 23.9. The maximum Gasteiger partial charge on any atom is 0.283 e. The summed E-state index contributed by atoms with van der Waals surface area (Å²) >= 11 is 0. The van der Waals surface area contributed by atoms with Gasteiger partial charge in [-0.3, -0.25) is 0 Å². The number of amidine groups is 1. The zero-order valence-corrected chi connectivity index (χ0v) is 20.0. The summed E-state index contributed by atoms with van der Waals surface area (Å²) < 4.78 is 58.2. The fraction of sp³-hybridized carbons (Fsp3) is 0.208. The van der Waals surface area contributed by atoms with Crippen LogP contribution in [-0.2, 0) is 20.0 Å². The molecular formula is C24H25N3O4S2. The first-order valence-electron chi connectivity index (χ1n) is 10.5. The number of aryl methyl sites for hydroxylation is 1. The number of hydrogen-bond donors (Lipinski definition) is 0. The number of sulfonamides is 2. The minimum absolute atomic E-state index is 0.0941. The van der Waals surface area contributed by atoms with Crippen LogP contribution in [0.2, 0.25) is 0 Å². The van der Waals surface area contributed by atoms with Crippen molar-refractivity contribution in [2.24, 2.45) is 4.40 Å². The van der Waals surface area contributed by atoms with E-state index in [1.54, 1.807) is 54.3 Å². The van der Waals surface area contributed by atoms with Gasteiger partial charge in [-0.15, -0.1) is 4.40 Å². The molecule has 3 aromatic carbocycles. The fourth-order valence-corrected chi connectivity index (χ4v) is 6.52. The molecule has 1 heterocycles. The Morgan fingerprint density at radius 3 is 1.97 bits per heavy atom. The molecule has 1 saturated heterocycles. The standard InChI is InChI=1S/C24H25N3O4S2/c1-19-13-15-22(16-14-19)32(28,29)25-20(2)26-17-18-27(24(26)21-9-5-3-6-10-21)33(30,31)23-11-7-4-8-12-23/h3-16,24H,17-18H2,1-2H3. The van der Waals surface area contributed by atoms with Gasteiger partial charge in [0, 0.05) is 13.1 Å². The smallest absolute Gasteiger partial charge is 0.283 e. The number of benzene rings is 3. The van der Waals surface area contributed by atoms with Crippen LogP contribution in [-0.4, -0.2) is 45.0 Å². The van der Waals surface area contributed by atoms with E-state index < -0.39 is 26.2 Å². The first-order valence-corrected chi connectivity index (χ1v) is 13.3. The third-order valence-electron chi connectivity index (χ3n) is 5.56. The molecule has 3 aromatic rings. The van der Waals surface area contributed by atoms with Crippen molar-refractivity contribution in [3.63, 3.8) is 0 Å². The van der Waals surface area contributed by atoms with Gasteiger partial charge in [0.1, 0.15) is 12.0 Å². The molecule has 0 bridgehead atoms. The first kappa shape index (κ1) is 23.2. The number of nitrogens with zero attached hydrogens (tertiary/aromatic N) is 3. The van der Waals surface area contributed by atoms with Crippen LogP contribution in [0, 0.1) is 6.92 Å². The average molecular weight is 484 g/mol. The molecule has 1 unspecified atom stereocenters. The third-order valence-corrected chi connectivity index (χ3v) is 8.80. The molecular weight excluding hydrogens is 458 g/mol. The lowest BCUT2D eigenvalue weighted by Gasteiger charge is -2.31. The molecule has 1 fully saturated rings. The van der Waals surface area contributed by atoms with Crippen LogP contribution in [0.3, 0.4) is 0 Å². The highest BCUT2D eigenvalue weighted by Crippen LogP contribution is 2.35. The molecule has 0 aliphatic carbocycles. The summed E-state index contributed by atoms with van der Waals surface area (Å²) in [7, 11) is -7.76. The Balaban J connectivity index is 1.75. The molecule has 0 spiro atoms. The van der Waals surface area contributed by atoms with Crippen LogP contribution in [0.5, 0.6) is 0 Å². The van der Waals surface area contributed by atoms with E-state index in [1.165, 1.54) is 16.4 Å². The second kappa shape index (κ2) is 9.09. The van der Waals surface area contributed by atoms with Gasteiger partial charge in [-0.1, -0.05) is 66.2 Å². The Morgan fingerprint density at radius 1 is 0.788 bits per heavy atom. The summed E-state index contributed by atoms with van der Waals surface area (Å²) in [6.45, 7) is 3.99. The zero-order valence-electron chi connectivity index (χ0n) is 18.4. The first-order chi connectivity index (χ1) is 15.7. The van der Waals surface area contributed by atoms with Crippen molar-refractivity contribution in [2.45, 2.75) is 29.8 Å². The zero-order chi connectivity index (χ0) is 23.6. The van der Waals surface area contributed by atoms with Crippen LogP contribution in [0.25, 0.3) is 0 Å². The Hall–Kier alpha value is -3.01. The Bertz CT molecular complexity index is 1360. The van der Waals surface area contributed by atoms with Crippen molar-refractivity contribution < 1.29 is 16.8 Å². The van der Waals surface area contributed by atoms with Gasteiger partial charge in [0.15, 0.2) is 0 Å². The largest absolute Gasteiger partial charge is 0.337 e. The topological polar surface area (TPSA) is 87.1 Å². The summed E-state index contributed by atoms with van der Waals surface area (Å²) in [5.74, 6) is 0.232. The van der Waals surface area contributed by atoms with Gasteiger partial charge in [-0.25, -0.2) is 8.42 Å². The maximum atomic E-state index is 13.5. The summed E-state index contributed by atoms with van der Waals surface area (Å²) in [5.41, 5.74) is 1.68. The summed E-state index contributed by atoms with van der Waals surface area (Å²) in [6.07, 6.45) is -0.714. The van der Waals surface area contributed by atoms with Crippen molar-refractivity contribution in [2.75, 3.05) is 13.1 Å². The second-order valence-electron chi connectivity index (χ2n) is 7.83. The van der Waals surface area contributed by atoms with E-state index in [0.717, 1.165) is 11.1 Å². The van der Waals surface area contributed by atoms with Gasteiger partial charge in [0.2, 0.25) is 10.0 Å². The maximum absolute atomic E-state index is 13.5. The van der Waals surface area contributed by atoms with Crippen LogP contribution in [0.15, 0.2) is 99.1 Å². The van der Waals surface area contributed by atoms with Crippen molar-refractivity contribution in [3.8, 4) is 0 Å². The van der Waals surface area contributed by atoms with E-state index in [1.807, 2.05) is 37.3 Å². The van der Waals surface area contributed by atoms with Gasteiger partial charge in [0.25, 0.3) is 10.0 Å². The number of hydrogen-bond acceptors (Lipinski definition) is 4. The van der Waals surface area contributed by atoms with Crippen LogP contribution in [0.4, 0.5) is 0 Å². The monoisotopic (exact) mass is 483 g/mol. The molecule has 172 valence electrons. The summed E-state index contributed by atoms with van der Waals surface area (Å²) in [5, 5.41) is 0. The molecule has 0 amide bonds. The molecule has 33 heavy (non-hydrogen) atoms. The molecule has 1 aliphatic heterocycles. The van der Waals surface area contributed by atoms with Gasteiger partial charge in [-0.2, -0.15) is 12.7 Å². The fourth-order valence-electron chi connectivity index (χ4n) is 3.89. The Kier molecular flexibility index (Phi) is 6.38. The molecule has 9 heteroatoms. The molecule has 0 aromatic heterocycles.